The third-order valence-electron chi connectivity index (χ3n) is 3.36. The summed E-state index contributed by atoms with van der Waals surface area (Å²) < 4.78 is 0. The van der Waals surface area contributed by atoms with E-state index in [4.69, 9.17) is 6.57 Å². The SMILES string of the molecule is [C-]#[N+]c1ccc(-c2cc(C3CC3)[nH]c2C)cc1. The van der Waals surface area contributed by atoms with E-state index in [-0.39, 0.29) is 0 Å². The highest BCUT2D eigenvalue weighted by atomic mass is 14.7. The zero-order valence-corrected chi connectivity index (χ0v) is 9.83. The van der Waals surface area contributed by atoms with Gasteiger partial charge in [-0.1, -0.05) is 24.3 Å². The topological polar surface area (TPSA) is 20.1 Å². The molecule has 2 heteroatoms. The Morgan fingerprint density at radius 2 is 1.94 bits per heavy atom. The van der Waals surface area contributed by atoms with Gasteiger partial charge in [0.15, 0.2) is 5.69 Å². The lowest BCUT2D eigenvalue weighted by atomic mass is 10.1. The summed E-state index contributed by atoms with van der Waals surface area (Å²) in [5.41, 5.74) is 5.75. The summed E-state index contributed by atoms with van der Waals surface area (Å²) in [7, 11) is 0. The minimum absolute atomic E-state index is 0.698. The average Bonchev–Trinajstić information content (AvgIpc) is 3.13. The van der Waals surface area contributed by atoms with Crippen LogP contribution in [0.4, 0.5) is 5.69 Å². The minimum atomic E-state index is 0.698. The van der Waals surface area contributed by atoms with Crippen LogP contribution in [0, 0.1) is 13.5 Å². The molecule has 0 spiro atoms. The van der Waals surface area contributed by atoms with Crippen LogP contribution < -0.4 is 0 Å². The molecule has 0 radical (unpaired) electrons. The van der Waals surface area contributed by atoms with Crippen molar-refractivity contribution < 1.29 is 0 Å². The molecule has 2 nitrogen and oxygen atoms in total. The normalized spacial score (nSPS) is 14.6. The Morgan fingerprint density at radius 1 is 1.24 bits per heavy atom. The van der Waals surface area contributed by atoms with Crippen LogP contribution in [-0.2, 0) is 0 Å². The van der Waals surface area contributed by atoms with Gasteiger partial charge >= 0.3 is 0 Å². The van der Waals surface area contributed by atoms with Gasteiger partial charge in [-0.15, -0.1) is 0 Å². The maximum absolute atomic E-state index is 6.95. The van der Waals surface area contributed by atoms with Crippen molar-refractivity contribution in [2.75, 3.05) is 0 Å². The fraction of sp³-hybridized carbons (Fsp3) is 0.267. The van der Waals surface area contributed by atoms with E-state index in [9.17, 15) is 0 Å². The summed E-state index contributed by atoms with van der Waals surface area (Å²) in [5.74, 6) is 0.755. The number of aromatic nitrogens is 1. The lowest BCUT2D eigenvalue weighted by molar-refractivity contribution is 1.03. The Hall–Kier alpha value is -2.01. The van der Waals surface area contributed by atoms with Gasteiger partial charge in [0.1, 0.15) is 0 Å². The van der Waals surface area contributed by atoms with E-state index in [2.05, 4.69) is 22.8 Å². The van der Waals surface area contributed by atoms with Gasteiger partial charge in [0, 0.05) is 17.0 Å². The number of rotatable bonds is 2. The van der Waals surface area contributed by atoms with Gasteiger partial charge in [-0.3, -0.25) is 0 Å². The predicted molar refractivity (Wildman–Crippen MR) is 69.2 cm³/mol. The van der Waals surface area contributed by atoms with Crippen molar-refractivity contribution in [1.82, 2.24) is 4.98 Å². The van der Waals surface area contributed by atoms with Crippen LogP contribution in [0.25, 0.3) is 16.0 Å². The quantitative estimate of drug-likeness (QED) is 0.726. The molecule has 1 aromatic carbocycles. The van der Waals surface area contributed by atoms with E-state index in [1.807, 2.05) is 24.3 Å². The highest BCUT2D eigenvalue weighted by Crippen LogP contribution is 2.41. The molecule has 0 bridgehead atoms. The second kappa shape index (κ2) is 3.78. The van der Waals surface area contributed by atoms with Crippen molar-refractivity contribution in [3.8, 4) is 11.1 Å². The highest BCUT2D eigenvalue weighted by molar-refractivity contribution is 5.69. The number of hydrogen-bond acceptors (Lipinski definition) is 0. The van der Waals surface area contributed by atoms with Crippen molar-refractivity contribution in [3.05, 3.63) is 53.1 Å². The molecular formula is C15H14N2. The molecule has 0 unspecified atom stereocenters. The highest BCUT2D eigenvalue weighted by Gasteiger charge is 2.25. The molecule has 1 aliphatic carbocycles. The number of nitrogens with one attached hydrogen (secondary N) is 1. The Morgan fingerprint density at radius 3 is 2.53 bits per heavy atom. The van der Waals surface area contributed by atoms with E-state index in [1.54, 1.807) is 0 Å². The van der Waals surface area contributed by atoms with Crippen molar-refractivity contribution >= 4 is 5.69 Å². The monoisotopic (exact) mass is 222 g/mol. The first-order valence-electron chi connectivity index (χ1n) is 5.95. The molecule has 1 N–H and O–H groups in total. The van der Waals surface area contributed by atoms with Gasteiger partial charge in [-0.05, 0) is 37.3 Å². The Labute approximate surface area is 101 Å². The maximum atomic E-state index is 6.95. The third kappa shape index (κ3) is 1.85. The Bertz CT molecular complexity index is 580. The maximum Gasteiger partial charge on any atom is 0.187 e. The van der Waals surface area contributed by atoms with Crippen LogP contribution in [0.3, 0.4) is 0 Å². The smallest absolute Gasteiger partial charge is 0.187 e. The largest absolute Gasteiger partial charge is 0.362 e. The van der Waals surface area contributed by atoms with Crippen molar-refractivity contribution in [2.24, 2.45) is 0 Å². The van der Waals surface area contributed by atoms with Crippen LogP contribution in [0.15, 0.2) is 30.3 Å². The number of H-pyrrole nitrogens is 1. The molecule has 0 amide bonds. The van der Waals surface area contributed by atoms with E-state index >= 15 is 0 Å². The van der Waals surface area contributed by atoms with Crippen molar-refractivity contribution in [1.29, 1.82) is 0 Å². The van der Waals surface area contributed by atoms with Gasteiger partial charge in [0.2, 0.25) is 0 Å². The van der Waals surface area contributed by atoms with Crippen LogP contribution in [0.2, 0.25) is 0 Å². The lowest BCUT2D eigenvalue weighted by Crippen LogP contribution is -1.78. The molecule has 1 heterocycles. The first-order chi connectivity index (χ1) is 8.28. The minimum Gasteiger partial charge on any atom is -0.362 e. The Balaban J connectivity index is 1.99. The molecule has 84 valence electrons. The lowest BCUT2D eigenvalue weighted by Gasteiger charge is -1.99. The van der Waals surface area contributed by atoms with Gasteiger partial charge in [-0.25, -0.2) is 4.85 Å². The van der Waals surface area contributed by atoms with Crippen LogP contribution in [0.5, 0.6) is 0 Å². The molecule has 0 aliphatic heterocycles. The van der Waals surface area contributed by atoms with Crippen molar-refractivity contribution in [3.63, 3.8) is 0 Å². The number of nitrogens with zero attached hydrogens (tertiary/aromatic N) is 1. The first kappa shape index (κ1) is 10.2. The number of hydrogen-bond donors (Lipinski definition) is 1. The average molecular weight is 222 g/mol. The molecule has 17 heavy (non-hydrogen) atoms. The molecule has 2 aromatic rings. The summed E-state index contributed by atoms with van der Waals surface area (Å²) in [6.45, 7) is 9.06. The van der Waals surface area contributed by atoms with E-state index in [0.29, 0.717) is 5.69 Å². The molecule has 0 atom stereocenters. The molecule has 1 saturated carbocycles. The van der Waals surface area contributed by atoms with E-state index < -0.39 is 0 Å². The van der Waals surface area contributed by atoms with Crippen LogP contribution in [0.1, 0.15) is 30.1 Å². The van der Waals surface area contributed by atoms with Gasteiger partial charge in [-0.2, -0.15) is 0 Å². The van der Waals surface area contributed by atoms with Crippen LogP contribution in [-0.4, -0.2) is 4.98 Å². The van der Waals surface area contributed by atoms with Gasteiger partial charge in [0.25, 0.3) is 0 Å². The van der Waals surface area contributed by atoms with Gasteiger partial charge in [0.05, 0.1) is 6.57 Å². The number of aryl methyl sites for hydroxylation is 1. The second-order valence-corrected chi connectivity index (χ2v) is 4.70. The predicted octanol–water partition coefficient (Wildman–Crippen LogP) is 4.42. The molecular weight excluding hydrogens is 208 g/mol. The number of benzene rings is 1. The number of aromatic amines is 1. The fourth-order valence-corrected chi connectivity index (χ4v) is 2.21. The summed E-state index contributed by atoms with van der Waals surface area (Å²) in [5, 5.41) is 0. The molecule has 1 aromatic heterocycles. The van der Waals surface area contributed by atoms with E-state index in [1.165, 1.54) is 35.4 Å². The molecule has 0 saturated heterocycles. The standard InChI is InChI=1S/C15H14N2/c1-10-14(9-15(17-10)12-3-4-12)11-5-7-13(16-2)8-6-11/h5-9,12,17H,3-4H2,1H3. The summed E-state index contributed by atoms with van der Waals surface area (Å²) in [6.07, 6.45) is 2.63. The van der Waals surface area contributed by atoms with E-state index in [0.717, 1.165) is 5.92 Å². The molecule has 3 rings (SSSR count). The second-order valence-electron chi connectivity index (χ2n) is 4.70. The first-order valence-corrected chi connectivity index (χ1v) is 5.95. The van der Waals surface area contributed by atoms with Gasteiger partial charge < -0.3 is 4.98 Å². The van der Waals surface area contributed by atoms with Crippen molar-refractivity contribution in [2.45, 2.75) is 25.7 Å². The molecule has 1 aliphatic rings. The summed E-state index contributed by atoms with van der Waals surface area (Å²) in [6, 6.07) is 10.1. The zero-order valence-electron chi connectivity index (χ0n) is 9.83. The molecule has 1 fully saturated rings. The summed E-state index contributed by atoms with van der Waals surface area (Å²) >= 11 is 0. The van der Waals surface area contributed by atoms with Crippen LogP contribution >= 0.6 is 0 Å². The fourth-order valence-electron chi connectivity index (χ4n) is 2.21. The third-order valence-corrected chi connectivity index (χ3v) is 3.36. The summed E-state index contributed by atoms with van der Waals surface area (Å²) in [4.78, 5) is 6.89. The zero-order chi connectivity index (χ0) is 11.8. The Kier molecular flexibility index (Phi) is 2.26.